The van der Waals surface area contributed by atoms with Gasteiger partial charge in [0.15, 0.2) is 5.03 Å². The van der Waals surface area contributed by atoms with E-state index in [0.717, 1.165) is 11.1 Å². The van der Waals surface area contributed by atoms with Crippen LogP contribution in [0.2, 0.25) is 0 Å². The van der Waals surface area contributed by atoms with E-state index < -0.39 is 10.0 Å². The number of hydrogen-bond donors (Lipinski definition) is 1. The SMILES string of the molecule is Cc1cccc(CNC(=O)[C@H]2CCCN(S(=O)(=O)c3cn(C)cn3)C2)c1. The van der Waals surface area contributed by atoms with Crippen molar-refractivity contribution in [2.24, 2.45) is 13.0 Å². The normalized spacial score (nSPS) is 18.6. The first kappa shape index (κ1) is 18.6. The van der Waals surface area contributed by atoms with Crippen molar-refractivity contribution in [3.8, 4) is 0 Å². The first-order chi connectivity index (χ1) is 12.4. The summed E-state index contributed by atoms with van der Waals surface area (Å²) in [5.41, 5.74) is 2.18. The molecule has 1 N–H and O–H groups in total. The van der Waals surface area contributed by atoms with E-state index in [1.165, 1.54) is 16.8 Å². The maximum absolute atomic E-state index is 12.7. The molecule has 1 amide bonds. The molecule has 1 aromatic heterocycles. The van der Waals surface area contributed by atoms with Crippen molar-refractivity contribution in [3.05, 3.63) is 47.9 Å². The highest BCUT2D eigenvalue weighted by molar-refractivity contribution is 7.89. The molecule has 26 heavy (non-hydrogen) atoms. The number of carbonyl (C=O) groups excluding carboxylic acids is 1. The van der Waals surface area contributed by atoms with Gasteiger partial charge in [-0.1, -0.05) is 29.8 Å². The summed E-state index contributed by atoms with van der Waals surface area (Å²) >= 11 is 0. The molecule has 1 aromatic carbocycles. The van der Waals surface area contributed by atoms with E-state index in [9.17, 15) is 13.2 Å². The minimum Gasteiger partial charge on any atom is -0.352 e. The van der Waals surface area contributed by atoms with Gasteiger partial charge in [-0.25, -0.2) is 13.4 Å². The molecular weight excluding hydrogens is 352 g/mol. The zero-order valence-electron chi connectivity index (χ0n) is 15.1. The molecule has 0 bridgehead atoms. The number of piperidine rings is 1. The number of nitrogens with one attached hydrogen (secondary N) is 1. The van der Waals surface area contributed by atoms with Crippen LogP contribution in [-0.4, -0.2) is 41.3 Å². The lowest BCUT2D eigenvalue weighted by Gasteiger charge is -2.30. The first-order valence-corrected chi connectivity index (χ1v) is 10.1. The molecule has 8 heteroatoms. The van der Waals surface area contributed by atoms with Crippen LogP contribution in [0.1, 0.15) is 24.0 Å². The number of sulfonamides is 1. The van der Waals surface area contributed by atoms with Gasteiger partial charge in [-0.15, -0.1) is 0 Å². The summed E-state index contributed by atoms with van der Waals surface area (Å²) in [6.45, 7) is 3.07. The van der Waals surface area contributed by atoms with Gasteiger partial charge >= 0.3 is 0 Å². The second-order valence-electron chi connectivity index (χ2n) is 6.79. The van der Waals surface area contributed by atoms with Crippen LogP contribution in [0.5, 0.6) is 0 Å². The van der Waals surface area contributed by atoms with E-state index in [4.69, 9.17) is 0 Å². The Hall–Kier alpha value is -2.19. The zero-order valence-corrected chi connectivity index (χ0v) is 15.9. The highest BCUT2D eigenvalue weighted by Crippen LogP contribution is 2.23. The number of aryl methyl sites for hydroxylation is 2. The average Bonchev–Trinajstić information content (AvgIpc) is 3.07. The van der Waals surface area contributed by atoms with Crippen molar-refractivity contribution in [2.45, 2.75) is 31.3 Å². The topological polar surface area (TPSA) is 84.3 Å². The first-order valence-electron chi connectivity index (χ1n) is 8.67. The maximum Gasteiger partial charge on any atom is 0.262 e. The molecule has 1 aliphatic rings. The van der Waals surface area contributed by atoms with Crippen LogP contribution in [0.4, 0.5) is 0 Å². The monoisotopic (exact) mass is 376 g/mol. The molecule has 0 unspecified atom stereocenters. The Morgan fingerprint density at radius 1 is 1.38 bits per heavy atom. The van der Waals surface area contributed by atoms with Crippen LogP contribution in [0.25, 0.3) is 0 Å². The molecule has 1 atom stereocenters. The van der Waals surface area contributed by atoms with Gasteiger partial charge in [0.05, 0.1) is 12.2 Å². The standard InChI is InChI=1S/C18H24N4O3S/c1-14-5-3-6-15(9-14)10-19-18(23)16-7-4-8-22(11-16)26(24,25)17-12-21(2)13-20-17/h3,5-6,9,12-13,16H,4,7-8,10-11H2,1-2H3,(H,19,23)/t16-/m0/s1. The molecule has 0 spiro atoms. The number of hydrogen-bond acceptors (Lipinski definition) is 4. The van der Waals surface area contributed by atoms with Crippen molar-refractivity contribution in [2.75, 3.05) is 13.1 Å². The smallest absolute Gasteiger partial charge is 0.262 e. The summed E-state index contributed by atoms with van der Waals surface area (Å²) in [6, 6.07) is 7.95. The maximum atomic E-state index is 12.7. The van der Waals surface area contributed by atoms with Gasteiger partial charge in [0.25, 0.3) is 10.0 Å². The summed E-state index contributed by atoms with van der Waals surface area (Å²) in [5.74, 6) is -0.445. The van der Waals surface area contributed by atoms with E-state index in [1.807, 2.05) is 31.2 Å². The molecule has 2 heterocycles. The fraction of sp³-hybridized carbons (Fsp3) is 0.444. The highest BCUT2D eigenvalue weighted by atomic mass is 32.2. The Kier molecular flexibility index (Phi) is 5.43. The molecule has 1 saturated heterocycles. The van der Waals surface area contributed by atoms with Gasteiger partial charge in [-0.3, -0.25) is 4.79 Å². The van der Waals surface area contributed by atoms with Gasteiger partial charge in [-0.2, -0.15) is 4.31 Å². The fourth-order valence-corrected chi connectivity index (χ4v) is 4.67. The predicted molar refractivity (Wildman–Crippen MR) is 97.7 cm³/mol. The van der Waals surface area contributed by atoms with Crippen LogP contribution in [0, 0.1) is 12.8 Å². The van der Waals surface area contributed by atoms with E-state index >= 15 is 0 Å². The minimum absolute atomic E-state index is 0.0285. The highest BCUT2D eigenvalue weighted by Gasteiger charge is 2.34. The van der Waals surface area contributed by atoms with Crippen molar-refractivity contribution < 1.29 is 13.2 Å². The van der Waals surface area contributed by atoms with Crippen LogP contribution in [0.3, 0.4) is 0 Å². The molecular formula is C18H24N4O3S. The average molecular weight is 376 g/mol. The van der Waals surface area contributed by atoms with Gasteiger partial charge in [0.1, 0.15) is 0 Å². The lowest BCUT2D eigenvalue weighted by atomic mass is 9.98. The molecule has 0 saturated carbocycles. The van der Waals surface area contributed by atoms with Gasteiger partial charge in [0.2, 0.25) is 5.91 Å². The largest absolute Gasteiger partial charge is 0.352 e. The molecule has 0 radical (unpaired) electrons. The Morgan fingerprint density at radius 2 is 2.19 bits per heavy atom. The third-order valence-corrected chi connectivity index (χ3v) is 6.34. The molecule has 1 fully saturated rings. The third-order valence-electron chi connectivity index (χ3n) is 4.59. The van der Waals surface area contributed by atoms with E-state index in [1.54, 1.807) is 11.6 Å². The Labute approximate surface area is 154 Å². The summed E-state index contributed by atoms with van der Waals surface area (Å²) < 4.78 is 28.4. The number of rotatable bonds is 5. The number of carbonyl (C=O) groups is 1. The van der Waals surface area contributed by atoms with E-state index in [2.05, 4.69) is 10.3 Å². The van der Waals surface area contributed by atoms with Crippen molar-refractivity contribution >= 4 is 15.9 Å². The molecule has 2 aromatic rings. The minimum atomic E-state index is -3.66. The second kappa shape index (κ2) is 7.59. The fourth-order valence-electron chi connectivity index (χ4n) is 3.18. The van der Waals surface area contributed by atoms with Crippen LogP contribution in [0.15, 0.2) is 41.8 Å². The van der Waals surface area contributed by atoms with Crippen LogP contribution in [-0.2, 0) is 28.4 Å². The number of nitrogens with zero attached hydrogens (tertiary/aromatic N) is 3. The number of benzene rings is 1. The molecule has 0 aliphatic carbocycles. The molecule has 1 aliphatic heterocycles. The molecule has 140 valence electrons. The van der Waals surface area contributed by atoms with Gasteiger partial charge in [-0.05, 0) is 25.3 Å². The predicted octanol–water partition coefficient (Wildman–Crippen LogP) is 1.45. The lowest BCUT2D eigenvalue weighted by molar-refractivity contribution is -0.126. The van der Waals surface area contributed by atoms with Crippen molar-refractivity contribution in [3.63, 3.8) is 0 Å². The third kappa shape index (κ3) is 4.13. The van der Waals surface area contributed by atoms with Crippen LogP contribution < -0.4 is 5.32 Å². The second-order valence-corrected chi connectivity index (χ2v) is 8.67. The summed E-state index contributed by atoms with van der Waals surface area (Å²) in [5, 5.41) is 2.96. The van der Waals surface area contributed by atoms with E-state index in [0.29, 0.717) is 25.9 Å². The number of amides is 1. The number of imidazole rings is 1. The Bertz CT molecular complexity index is 891. The van der Waals surface area contributed by atoms with Crippen LogP contribution >= 0.6 is 0 Å². The lowest BCUT2D eigenvalue weighted by Crippen LogP contribution is -2.45. The molecule has 3 rings (SSSR count). The quantitative estimate of drug-likeness (QED) is 0.856. The Morgan fingerprint density at radius 3 is 2.88 bits per heavy atom. The Balaban J connectivity index is 1.63. The van der Waals surface area contributed by atoms with Crippen molar-refractivity contribution in [1.29, 1.82) is 0 Å². The van der Waals surface area contributed by atoms with Crippen molar-refractivity contribution in [1.82, 2.24) is 19.2 Å². The summed E-state index contributed by atoms with van der Waals surface area (Å²) in [4.78, 5) is 16.5. The van der Waals surface area contributed by atoms with Gasteiger partial charge in [0, 0.05) is 32.9 Å². The summed E-state index contributed by atoms with van der Waals surface area (Å²) in [7, 11) is -1.93. The van der Waals surface area contributed by atoms with Gasteiger partial charge < -0.3 is 9.88 Å². The van der Waals surface area contributed by atoms with E-state index in [-0.39, 0.29) is 23.4 Å². The number of aromatic nitrogens is 2. The zero-order chi connectivity index (χ0) is 18.7. The summed E-state index contributed by atoms with van der Waals surface area (Å²) in [6.07, 6.45) is 4.29. The molecule has 7 nitrogen and oxygen atoms in total.